The van der Waals surface area contributed by atoms with Crippen LogP contribution in [0.3, 0.4) is 0 Å². The second-order valence-corrected chi connectivity index (χ2v) is 27.1. The van der Waals surface area contributed by atoms with E-state index in [-0.39, 0.29) is 22.4 Å². The third-order valence-electron chi connectivity index (χ3n) is 14.7. The first-order valence-electron chi connectivity index (χ1n) is 29.4. The normalized spacial score (nSPS) is 12.0. The zero-order valence-electron chi connectivity index (χ0n) is 50.6. The van der Waals surface area contributed by atoms with Gasteiger partial charge in [0.15, 0.2) is 0 Å². The first-order valence-corrected chi connectivity index (χ1v) is 33.0. The maximum Gasteiger partial charge on any atom is 0.534 e. The van der Waals surface area contributed by atoms with Crippen molar-refractivity contribution < 1.29 is 26.6 Å². The van der Waals surface area contributed by atoms with E-state index < -0.39 is 28.3 Å². The molecule has 0 spiro atoms. The Labute approximate surface area is 533 Å². The molecule has 91 heavy (non-hydrogen) atoms. The molecule has 0 N–H and O–H groups in total. The molecule has 0 aliphatic carbocycles. The Morgan fingerprint density at radius 3 is 0.593 bits per heavy atom. The molecule has 0 fully saturated rings. The van der Waals surface area contributed by atoms with Crippen molar-refractivity contribution in [3.63, 3.8) is 0 Å². The van der Waals surface area contributed by atoms with Gasteiger partial charge in [0.2, 0.25) is 0 Å². The summed E-state index contributed by atoms with van der Waals surface area (Å²) in [7, 11) is -3.81. The van der Waals surface area contributed by atoms with E-state index in [9.17, 15) is 17.3 Å². The van der Waals surface area contributed by atoms with E-state index in [1.807, 2.05) is 12.1 Å². The summed E-state index contributed by atoms with van der Waals surface area (Å²) in [5.74, 6) is 0.511. The van der Waals surface area contributed by atoms with Gasteiger partial charge in [0.25, 0.3) is 0 Å². The van der Waals surface area contributed by atoms with Gasteiger partial charge in [0.1, 0.15) is 57.0 Å². The van der Waals surface area contributed by atoms with Gasteiger partial charge in [-0.1, -0.05) is 241 Å². The van der Waals surface area contributed by atoms with Crippen molar-refractivity contribution in [2.45, 2.75) is 20.8 Å². The van der Waals surface area contributed by atoms with Crippen LogP contribution in [0, 0.1) is 34.0 Å². The molecule has 0 bridgehead atoms. The summed E-state index contributed by atoms with van der Waals surface area (Å²) in [5.41, 5.74) is 2.56. The van der Waals surface area contributed by atoms with Gasteiger partial charge in [0.05, 0.1) is 29.7 Å². The summed E-state index contributed by atoms with van der Waals surface area (Å²) in [6.07, 6.45) is 0. The van der Waals surface area contributed by atoms with E-state index in [1.165, 1.54) is 75.3 Å². The van der Waals surface area contributed by atoms with Crippen molar-refractivity contribution in [2.75, 3.05) is 0 Å². The molecule has 448 valence electrons. The molecule has 0 radical (unpaired) electrons. The van der Waals surface area contributed by atoms with Crippen LogP contribution in [0.2, 0.25) is 0 Å². The number of nitriles is 3. The average molecular weight is 1240 g/mol. The number of fused-ring (bicyclic) bond motifs is 6. The predicted molar refractivity (Wildman–Crippen MR) is 377 cm³/mol. The van der Waals surface area contributed by atoms with Crippen LogP contribution in [0.25, 0.3) is 22.3 Å². The average Bonchev–Trinajstić information content (AvgIpc) is 0.884. The summed E-state index contributed by atoms with van der Waals surface area (Å²) >= 11 is 0. The third-order valence-corrected chi connectivity index (χ3v) is 23.3. The molecule has 0 saturated carbocycles. The van der Waals surface area contributed by atoms with Crippen molar-refractivity contribution in [2.24, 2.45) is 0 Å². The van der Waals surface area contributed by atoms with Crippen LogP contribution in [0.1, 0.15) is 20.8 Å². The van der Waals surface area contributed by atoms with Gasteiger partial charge in [0, 0.05) is 31.9 Å². The summed E-state index contributed by atoms with van der Waals surface area (Å²) < 4.78 is 64.4. The van der Waals surface area contributed by atoms with Crippen molar-refractivity contribution in [3.8, 4) is 52.0 Å². The molecule has 0 amide bonds. The predicted octanol–water partition coefficient (Wildman–Crippen LogP) is 15.9. The fourth-order valence-corrected chi connectivity index (χ4v) is 19.6. The Hall–Kier alpha value is -10.6. The van der Waals surface area contributed by atoms with Crippen LogP contribution >= 0.6 is 14.5 Å². The Morgan fingerprint density at radius 2 is 0.396 bits per heavy atom. The molecule has 14 rings (SSSR count). The molecule has 0 saturated heterocycles. The van der Waals surface area contributed by atoms with Gasteiger partial charge in [-0.15, -0.1) is 0 Å². The summed E-state index contributed by atoms with van der Waals surface area (Å²) in [6.45, 7) is -3.56. The topological polar surface area (TPSA) is 89.8 Å². The highest BCUT2D eigenvalue weighted by Gasteiger charge is 2.49. The van der Waals surface area contributed by atoms with Crippen LogP contribution in [0.4, 0.5) is 17.3 Å². The number of rotatable bonds is 8. The molecule has 2 aliphatic rings. The van der Waals surface area contributed by atoms with Gasteiger partial charge in [-0.25, -0.2) is 0 Å². The minimum Gasteiger partial charge on any atom is -0.660 e. The Kier molecular flexibility index (Phi) is 23.8. The van der Waals surface area contributed by atoms with E-state index in [0.717, 1.165) is 11.1 Å². The van der Waals surface area contributed by atoms with Crippen LogP contribution in [0.15, 0.2) is 340 Å². The van der Waals surface area contributed by atoms with Gasteiger partial charge < -0.3 is 26.6 Å². The standard InChI is InChI=1S/2C24H20P.2C12H8BF2O.3C2H3N/c2*1-5-13-21(14-6-1)25(22-15-7-2-8-16-22,23-17-9-3-10-18-23)24-19-11-4-12-20-24;2*14-13(15)11-7-3-1-5-9(11)10-6-2-4-8-12(10)16-13;3*1-2-3/h2*1-20H;2*1-8H;3*1H3/q2*+1;2*-1;;;. The number of nitrogens with zero attached hydrogens (tertiary/aromatic N) is 3. The lowest BCUT2D eigenvalue weighted by Crippen LogP contribution is -2.48. The Morgan fingerprint density at radius 1 is 0.242 bits per heavy atom. The number of hydrogen-bond acceptors (Lipinski definition) is 5. The molecular formula is C78H65B2F4N3O2P2. The van der Waals surface area contributed by atoms with E-state index >= 15 is 0 Å². The van der Waals surface area contributed by atoms with Crippen molar-refractivity contribution in [1.29, 1.82) is 15.8 Å². The number of halogens is 4. The molecular weight excluding hydrogens is 1170 g/mol. The second-order valence-electron chi connectivity index (χ2n) is 20.3. The van der Waals surface area contributed by atoms with Crippen molar-refractivity contribution in [1.82, 2.24) is 0 Å². The van der Waals surface area contributed by atoms with Crippen LogP contribution < -0.4 is 62.7 Å². The molecule has 0 atom stereocenters. The van der Waals surface area contributed by atoms with Crippen LogP contribution in [-0.2, 0) is 0 Å². The first-order chi connectivity index (χ1) is 44.5. The lowest BCUT2D eigenvalue weighted by Gasteiger charge is -2.35. The first kappa shape index (κ1) is 66.4. The highest BCUT2D eigenvalue weighted by Crippen LogP contribution is 2.55. The van der Waals surface area contributed by atoms with Gasteiger partial charge in [-0.05, 0) is 120 Å². The zero-order chi connectivity index (χ0) is 64.4. The summed E-state index contributed by atoms with van der Waals surface area (Å²) in [6, 6.07) is 120. The molecule has 0 unspecified atom stereocenters. The molecule has 2 heterocycles. The van der Waals surface area contributed by atoms with Crippen molar-refractivity contribution >= 4 is 81.7 Å². The number of hydrogen-bond donors (Lipinski definition) is 0. The smallest absolute Gasteiger partial charge is 0.534 e. The maximum absolute atomic E-state index is 13.7. The van der Waals surface area contributed by atoms with E-state index in [1.54, 1.807) is 91.0 Å². The van der Waals surface area contributed by atoms with Crippen LogP contribution in [-0.4, -0.2) is 13.8 Å². The largest absolute Gasteiger partial charge is 0.660 e. The lowest BCUT2D eigenvalue weighted by atomic mass is 9.70. The molecule has 0 aromatic heterocycles. The Bertz CT molecular complexity index is 3700. The van der Waals surface area contributed by atoms with Gasteiger partial charge >= 0.3 is 13.8 Å². The molecule has 12 aromatic carbocycles. The maximum atomic E-state index is 13.7. The minimum absolute atomic E-state index is 0.0128. The van der Waals surface area contributed by atoms with Crippen LogP contribution in [0.5, 0.6) is 11.5 Å². The minimum atomic E-state index is -3.93. The molecule has 13 heteroatoms. The van der Waals surface area contributed by atoms with E-state index in [0.29, 0.717) is 11.1 Å². The van der Waals surface area contributed by atoms with E-state index in [4.69, 9.17) is 25.1 Å². The quantitative estimate of drug-likeness (QED) is 0.0859. The summed E-state index contributed by atoms with van der Waals surface area (Å²) in [5, 5.41) is 33.1. The summed E-state index contributed by atoms with van der Waals surface area (Å²) in [4.78, 5) is 0. The monoisotopic (exact) mass is 1240 g/mol. The van der Waals surface area contributed by atoms with Gasteiger partial charge in [-0.2, -0.15) is 15.8 Å². The fraction of sp³-hybridized carbons (Fsp3) is 0.0385. The Balaban J connectivity index is 0.000000152. The second kappa shape index (κ2) is 32.6. The van der Waals surface area contributed by atoms with Gasteiger partial charge in [-0.3, -0.25) is 0 Å². The highest BCUT2D eigenvalue weighted by atomic mass is 31.2. The van der Waals surface area contributed by atoms with Crippen molar-refractivity contribution in [3.05, 3.63) is 340 Å². The number of para-hydroxylation sites is 2. The molecule has 12 aromatic rings. The molecule has 2 aliphatic heterocycles. The van der Waals surface area contributed by atoms with E-state index in [2.05, 4.69) is 243 Å². The lowest BCUT2D eigenvalue weighted by molar-refractivity contribution is 0.395. The third kappa shape index (κ3) is 15.5. The SMILES string of the molecule is CC#N.CC#N.CC#N.F[B-]1(F)Oc2ccccc2-c2ccccc21.F[B-]1(F)Oc2ccccc2-c2ccccc21.c1ccc([P+](c2ccccc2)(c2ccccc2)c2ccccc2)cc1.c1ccc([P+](c2ccccc2)(c2ccccc2)c2ccccc2)cc1. The highest BCUT2D eigenvalue weighted by molar-refractivity contribution is 8.02. The molecule has 5 nitrogen and oxygen atoms in total. The zero-order valence-corrected chi connectivity index (χ0v) is 52.3. The number of benzene rings is 12. The fourth-order valence-electron chi connectivity index (χ4n) is 11.1.